The van der Waals surface area contributed by atoms with Crippen molar-refractivity contribution in [2.75, 3.05) is 6.61 Å². The zero-order valence-corrected chi connectivity index (χ0v) is 16.0. The quantitative estimate of drug-likeness (QED) is 0.321. The molecule has 0 fully saturated rings. The summed E-state index contributed by atoms with van der Waals surface area (Å²) in [6, 6.07) is 1.13. The molecule has 1 aromatic carbocycles. The van der Waals surface area contributed by atoms with Crippen molar-refractivity contribution in [1.29, 1.82) is 0 Å². The summed E-state index contributed by atoms with van der Waals surface area (Å²) in [5.41, 5.74) is -0.396. The van der Waals surface area contributed by atoms with Crippen LogP contribution in [-0.2, 0) is 14.3 Å². The predicted molar refractivity (Wildman–Crippen MR) is 93.6 cm³/mol. The van der Waals surface area contributed by atoms with Gasteiger partial charge in [0, 0.05) is 0 Å². The lowest BCUT2D eigenvalue weighted by Crippen LogP contribution is -2.22. The van der Waals surface area contributed by atoms with E-state index in [1.165, 1.54) is 0 Å². The van der Waals surface area contributed by atoms with Gasteiger partial charge in [-0.05, 0) is 24.3 Å². The molecule has 138 valence electrons. The first-order valence-corrected chi connectivity index (χ1v) is 8.53. The van der Waals surface area contributed by atoms with Gasteiger partial charge in [0.25, 0.3) is 0 Å². The molecule has 0 aromatic heterocycles. The summed E-state index contributed by atoms with van der Waals surface area (Å²) >= 11 is 17.8. The zero-order valence-electron chi connectivity index (χ0n) is 13.8. The van der Waals surface area contributed by atoms with Gasteiger partial charge in [0.15, 0.2) is 5.75 Å². The standard InChI is InChI=1S/C16H17Cl3O6/c1-4-8(7(2)3)6-24-15(22)11-12(19)9(17)5-10(18)13(11)25-16(23)14(20)21/h5,7-8H,4,6H2,1-3H3,(H,20,21). The first kappa shape index (κ1) is 21.5. The maximum atomic E-state index is 12.4. The van der Waals surface area contributed by atoms with Crippen molar-refractivity contribution in [3.8, 4) is 5.75 Å². The molecule has 0 bridgehead atoms. The molecule has 0 amide bonds. The average Bonchev–Trinajstić information content (AvgIpc) is 2.52. The van der Waals surface area contributed by atoms with Gasteiger partial charge in [0.1, 0.15) is 5.56 Å². The van der Waals surface area contributed by atoms with Crippen LogP contribution in [0.4, 0.5) is 0 Å². The number of aliphatic carboxylic acids is 1. The number of carbonyl (C=O) groups is 3. The fourth-order valence-electron chi connectivity index (χ4n) is 2.03. The lowest BCUT2D eigenvalue weighted by molar-refractivity contribution is -0.158. The van der Waals surface area contributed by atoms with Crippen molar-refractivity contribution < 1.29 is 29.0 Å². The van der Waals surface area contributed by atoms with E-state index in [2.05, 4.69) is 4.74 Å². The molecule has 1 N–H and O–H groups in total. The molecule has 1 unspecified atom stereocenters. The topological polar surface area (TPSA) is 89.9 Å². The van der Waals surface area contributed by atoms with Crippen LogP contribution in [0.1, 0.15) is 37.6 Å². The lowest BCUT2D eigenvalue weighted by atomic mass is 9.94. The molecule has 0 radical (unpaired) electrons. The molecule has 0 heterocycles. The Bertz CT molecular complexity index is 687. The van der Waals surface area contributed by atoms with E-state index in [1.807, 2.05) is 20.8 Å². The zero-order chi connectivity index (χ0) is 19.3. The van der Waals surface area contributed by atoms with Crippen LogP contribution in [0.15, 0.2) is 6.07 Å². The van der Waals surface area contributed by atoms with E-state index in [4.69, 9.17) is 44.6 Å². The Morgan fingerprint density at radius 1 is 1.16 bits per heavy atom. The maximum Gasteiger partial charge on any atom is 0.422 e. The molecule has 6 nitrogen and oxygen atoms in total. The number of carboxylic acids is 1. The molecule has 1 atom stereocenters. The Hall–Kier alpha value is -1.50. The van der Waals surface area contributed by atoms with Crippen LogP contribution in [-0.4, -0.2) is 29.6 Å². The number of esters is 2. The van der Waals surface area contributed by atoms with Crippen molar-refractivity contribution in [3.63, 3.8) is 0 Å². The number of carbonyl (C=O) groups excluding carboxylic acids is 2. The second kappa shape index (κ2) is 9.27. The predicted octanol–water partition coefficient (Wildman–Crippen LogP) is 4.48. The van der Waals surface area contributed by atoms with Gasteiger partial charge in [-0.2, -0.15) is 0 Å². The highest BCUT2D eigenvalue weighted by atomic mass is 35.5. The van der Waals surface area contributed by atoms with Crippen molar-refractivity contribution in [1.82, 2.24) is 0 Å². The van der Waals surface area contributed by atoms with Gasteiger partial charge >= 0.3 is 17.9 Å². The summed E-state index contributed by atoms with van der Waals surface area (Å²) in [6.45, 7) is 6.05. The van der Waals surface area contributed by atoms with E-state index in [-0.39, 0.29) is 33.5 Å². The van der Waals surface area contributed by atoms with Gasteiger partial charge in [-0.3, -0.25) is 0 Å². The molecule has 0 aliphatic rings. The number of ether oxygens (including phenoxy) is 2. The van der Waals surface area contributed by atoms with Crippen LogP contribution in [0.3, 0.4) is 0 Å². The van der Waals surface area contributed by atoms with Gasteiger partial charge < -0.3 is 14.6 Å². The van der Waals surface area contributed by atoms with E-state index >= 15 is 0 Å². The Morgan fingerprint density at radius 3 is 2.24 bits per heavy atom. The average molecular weight is 412 g/mol. The molecule has 9 heteroatoms. The van der Waals surface area contributed by atoms with E-state index in [9.17, 15) is 14.4 Å². The van der Waals surface area contributed by atoms with Crippen LogP contribution >= 0.6 is 34.8 Å². The minimum atomic E-state index is -1.85. The Balaban J connectivity index is 3.20. The van der Waals surface area contributed by atoms with E-state index in [0.717, 1.165) is 12.5 Å². The summed E-state index contributed by atoms with van der Waals surface area (Å²) in [5.74, 6) is -4.51. The Kier molecular flexibility index (Phi) is 7.99. The number of hydrogen-bond acceptors (Lipinski definition) is 5. The molecule has 0 aliphatic heterocycles. The minimum absolute atomic E-state index is 0.0651. The van der Waals surface area contributed by atoms with Crippen LogP contribution in [0.5, 0.6) is 5.75 Å². The minimum Gasteiger partial charge on any atom is -0.473 e. The first-order chi connectivity index (χ1) is 11.6. The summed E-state index contributed by atoms with van der Waals surface area (Å²) < 4.78 is 9.90. The summed E-state index contributed by atoms with van der Waals surface area (Å²) in [5, 5.41) is 8.11. The largest absolute Gasteiger partial charge is 0.473 e. The Labute approximate surface area is 159 Å². The number of halogens is 3. The van der Waals surface area contributed by atoms with Gasteiger partial charge in [-0.1, -0.05) is 55.6 Å². The summed E-state index contributed by atoms with van der Waals surface area (Å²) in [7, 11) is 0. The van der Waals surface area contributed by atoms with Gasteiger partial charge in [0.2, 0.25) is 0 Å². The fourth-order valence-corrected chi connectivity index (χ4v) is 2.75. The van der Waals surface area contributed by atoms with Gasteiger partial charge in [-0.25, -0.2) is 14.4 Å². The van der Waals surface area contributed by atoms with Crippen molar-refractivity contribution in [2.45, 2.75) is 27.2 Å². The smallest absolute Gasteiger partial charge is 0.422 e. The normalized spacial score (nSPS) is 12.0. The van der Waals surface area contributed by atoms with Crippen molar-refractivity contribution >= 4 is 52.7 Å². The molecule has 0 spiro atoms. The second-order valence-electron chi connectivity index (χ2n) is 5.56. The lowest BCUT2D eigenvalue weighted by Gasteiger charge is -2.19. The third kappa shape index (κ3) is 5.49. The van der Waals surface area contributed by atoms with Crippen LogP contribution in [0, 0.1) is 11.8 Å². The second-order valence-corrected chi connectivity index (χ2v) is 6.76. The number of carboxylic acid groups (broad SMARTS) is 1. The molecule has 1 rings (SSSR count). The highest BCUT2D eigenvalue weighted by molar-refractivity contribution is 6.46. The van der Waals surface area contributed by atoms with E-state index in [0.29, 0.717) is 0 Å². The number of hydrogen-bond donors (Lipinski definition) is 1. The molecular weight excluding hydrogens is 395 g/mol. The van der Waals surface area contributed by atoms with Crippen LogP contribution in [0.25, 0.3) is 0 Å². The molecule has 0 saturated carbocycles. The van der Waals surface area contributed by atoms with Gasteiger partial charge in [0.05, 0.1) is 21.7 Å². The van der Waals surface area contributed by atoms with E-state index in [1.54, 1.807) is 0 Å². The maximum absolute atomic E-state index is 12.4. The fraction of sp³-hybridized carbons (Fsp3) is 0.438. The molecule has 25 heavy (non-hydrogen) atoms. The van der Waals surface area contributed by atoms with Crippen LogP contribution in [0.2, 0.25) is 15.1 Å². The summed E-state index contributed by atoms with van der Waals surface area (Å²) in [4.78, 5) is 34.4. The Morgan fingerprint density at radius 2 is 1.76 bits per heavy atom. The number of benzene rings is 1. The van der Waals surface area contributed by atoms with Crippen molar-refractivity contribution in [2.24, 2.45) is 11.8 Å². The first-order valence-electron chi connectivity index (χ1n) is 7.39. The highest BCUT2D eigenvalue weighted by Crippen LogP contribution is 2.40. The molecule has 1 aromatic rings. The molecular formula is C16H17Cl3O6. The monoisotopic (exact) mass is 410 g/mol. The summed E-state index contributed by atoms with van der Waals surface area (Å²) in [6.07, 6.45) is 0.788. The molecule has 0 aliphatic carbocycles. The SMILES string of the molecule is CCC(COC(=O)c1c(Cl)c(Cl)cc(Cl)c1OC(=O)C(=O)O)C(C)C. The third-order valence-corrected chi connectivity index (χ3v) is 4.66. The third-order valence-electron chi connectivity index (χ3n) is 3.60. The number of rotatable bonds is 6. The van der Waals surface area contributed by atoms with Gasteiger partial charge in [-0.15, -0.1) is 0 Å². The highest BCUT2D eigenvalue weighted by Gasteiger charge is 2.28. The molecule has 0 saturated heterocycles. The van der Waals surface area contributed by atoms with Crippen LogP contribution < -0.4 is 4.74 Å². The van der Waals surface area contributed by atoms with E-state index < -0.39 is 29.2 Å². The van der Waals surface area contributed by atoms with Crippen molar-refractivity contribution in [3.05, 3.63) is 26.7 Å².